The van der Waals surface area contributed by atoms with Gasteiger partial charge in [-0.2, -0.15) is 0 Å². The zero-order valence-corrected chi connectivity index (χ0v) is 71.5. The van der Waals surface area contributed by atoms with Crippen molar-refractivity contribution in [1.82, 2.24) is 0 Å². The fraction of sp³-hybridized carbons (Fsp3) is 0.954. The summed E-state index contributed by atoms with van der Waals surface area (Å²) in [7, 11) is -9.93. The van der Waals surface area contributed by atoms with E-state index in [-0.39, 0.29) is 25.7 Å². The Hall–Kier alpha value is -1.94. The highest BCUT2D eigenvalue weighted by molar-refractivity contribution is 7.47. The van der Waals surface area contributed by atoms with Crippen molar-refractivity contribution >= 4 is 39.5 Å². The summed E-state index contributed by atoms with van der Waals surface area (Å²) in [6.07, 6.45) is 70.9. The summed E-state index contributed by atoms with van der Waals surface area (Å²) in [6.45, 7) is 9.73. The Balaban J connectivity index is 5.18. The second kappa shape index (κ2) is 78.3. The minimum atomic E-state index is -4.97. The highest BCUT2D eigenvalue weighted by Crippen LogP contribution is 2.45. The van der Waals surface area contributed by atoms with Crippen LogP contribution in [-0.2, 0) is 65.4 Å². The Morgan fingerprint density at radius 1 is 0.274 bits per heavy atom. The molecule has 0 aliphatic heterocycles. The van der Waals surface area contributed by atoms with Gasteiger partial charge in [-0.25, -0.2) is 9.13 Å². The molecule has 3 N–H and O–H groups in total. The van der Waals surface area contributed by atoms with Crippen LogP contribution >= 0.6 is 15.6 Å². The van der Waals surface area contributed by atoms with Crippen molar-refractivity contribution in [3.63, 3.8) is 0 Å². The molecule has 19 heteroatoms. The molecule has 0 aromatic carbocycles. The van der Waals surface area contributed by atoms with Crippen molar-refractivity contribution in [2.24, 2.45) is 11.8 Å². The first-order chi connectivity index (χ1) is 51.4. The first-order valence-corrected chi connectivity index (χ1v) is 48.0. The lowest BCUT2D eigenvalue weighted by Crippen LogP contribution is -2.30. The number of aliphatic hydroxyl groups is 1. The number of unbranched alkanes of at least 4 members (excludes halogenated alkanes) is 55. The summed E-state index contributed by atoms with van der Waals surface area (Å²) in [4.78, 5) is 73.1. The van der Waals surface area contributed by atoms with Gasteiger partial charge in [-0.1, -0.05) is 414 Å². The molecule has 6 atom stereocenters. The van der Waals surface area contributed by atoms with Crippen LogP contribution < -0.4 is 0 Å². The maximum absolute atomic E-state index is 13.1. The van der Waals surface area contributed by atoms with E-state index < -0.39 is 97.5 Å². The maximum atomic E-state index is 13.1. The normalized spacial score (nSPS) is 14.1. The number of hydrogen-bond acceptors (Lipinski definition) is 15. The molecule has 0 rings (SSSR count). The van der Waals surface area contributed by atoms with Crippen molar-refractivity contribution in [3.8, 4) is 0 Å². The summed E-state index contributed by atoms with van der Waals surface area (Å²) in [5.74, 6) is -0.452. The third kappa shape index (κ3) is 78.7. The molecule has 0 aromatic rings. The number of aliphatic hydroxyl groups excluding tert-OH is 1. The van der Waals surface area contributed by atoms with Gasteiger partial charge < -0.3 is 33.8 Å². The molecular formula is C87H170O17P2. The zero-order valence-electron chi connectivity index (χ0n) is 69.7. The number of carbonyl (C=O) groups excluding carboxylic acids is 4. The molecule has 17 nitrogen and oxygen atoms in total. The third-order valence-electron chi connectivity index (χ3n) is 20.8. The van der Waals surface area contributed by atoms with Crippen molar-refractivity contribution in [3.05, 3.63) is 0 Å². The topological polar surface area (TPSA) is 237 Å². The lowest BCUT2D eigenvalue weighted by atomic mass is 9.99. The summed E-state index contributed by atoms with van der Waals surface area (Å²) >= 11 is 0. The van der Waals surface area contributed by atoms with Crippen LogP contribution in [0.3, 0.4) is 0 Å². The average molecular weight is 1550 g/mol. The highest BCUT2D eigenvalue weighted by Gasteiger charge is 2.30. The third-order valence-corrected chi connectivity index (χ3v) is 22.7. The van der Waals surface area contributed by atoms with E-state index in [0.29, 0.717) is 25.7 Å². The first-order valence-electron chi connectivity index (χ1n) is 45.0. The lowest BCUT2D eigenvalue weighted by Gasteiger charge is -2.21. The van der Waals surface area contributed by atoms with Gasteiger partial charge in [-0.3, -0.25) is 37.3 Å². The first kappa shape index (κ1) is 104. The largest absolute Gasteiger partial charge is 0.472 e. The van der Waals surface area contributed by atoms with Crippen molar-refractivity contribution < 1.29 is 80.2 Å². The Kier molecular flexibility index (Phi) is 76.9. The van der Waals surface area contributed by atoms with E-state index in [9.17, 15) is 43.2 Å². The van der Waals surface area contributed by atoms with Gasteiger partial charge in [-0.15, -0.1) is 0 Å². The number of esters is 4. The number of phosphoric acid groups is 2. The molecule has 630 valence electrons. The van der Waals surface area contributed by atoms with E-state index >= 15 is 0 Å². The van der Waals surface area contributed by atoms with Crippen LogP contribution in [0.25, 0.3) is 0 Å². The number of carbonyl (C=O) groups is 4. The van der Waals surface area contributed by atoms with E-state index in [2.05, 4.69) is 41.5 Å². The molecule has 0 aromatic heterocycles. The molecule has 0 radical (unpaired) electrons. The standard InChI is InChI=1S/C87H170O17P2/c1-7-10-12-14-16-18-19-20-21-22-23-24-25-26-27-30-37-42-47-53-59-65-71-87(92)104-83(76-98-85(90)70-64-58-52-46-41-36-31-28-29-34-39-44-49-55-61-67-79(4)5)78-102-106(95,96)100-74-81(88)73-99-105(93,94)101-77-82(75-97-84(89)69-63-57-51-17-15-13-11-8-2)103-86(91)72-66-60-54-48-43-38-33-32-35-40-45-50-56-62-68-80(6)9-3/h79-83,88H,7-78H2,1-6H3,(H,93,94)(H,95,96)/t80?,81-,82+,83+/m0/s1. The molecule has 0 saturated carbocycles. The highest BCUT2D eigenvalue weighted by atomic mass is 31.2. The number of phosphoric ester groups is 2. The van der Waals surface area contributed by atoms with Crippen molar-refractivity contribution in [2.45, 2.75) is 484 Å². The molecule has 106 heavy (non-hydrogen) atoms. The van der Waals surface area contributed by atoms with E-state index in [1.807, 2.05) is 0 Å². The minimum absolute atomic E-state index is 0.108. The van der Waals surface area contributed by atoms with Crippen LogP contribution in [-0.4, -0.2) is 96.7 Å². The predicted molar refractivity (Wildman–Crippen MR) is 437 cm³/mol. The Morgan fingerprint density at radius 3 is 0.717 bits per heavy atom. The molecule has 0 spiro atoms. The second-order valence-corrected chi connectivity index (χ2v) is 34.9. The van der Waals surface area contributed by atoms with E-state index in [1.54, 1.807) is 0 Å². The molecule has 0 aliphatic rings. The van der Waals surface area contributed by atoms with Gasteiger partial charge in [0.2, 0.25) is 0 Å². The van der Waals surface area contributed by atoms with Gasteiger partial charge in [0.05, 0.1) is 26.4 Å². The molecule has 0 bridgehead atoms. The summed E-state index contributed by atoms with van der Waals surface area (Å²) in [5, 5.41) is 10.7. The smallest absolute Gasteiger partial charge is 0.462 e. The molecule has 0 aliphatic carbocycles. The van der Waals surface area contributed by atoms with Crippen molar-refractivity contribution in [1.29, 1.82) is 0 Å². The van der Waals surface area contributed by atoms with Crippen LogP contribution in [0.1, 0.15) is 465 Å². The van der Waals surface area contributed by atoms with Gasteiger partial charge in [0.25, 0.3) is 0 Å². The fourth-order valence-electron chi connectivity index (χ4n) is 13.6. The van der Waals surface area contributed by atoms with Crippen LogP contribution in [0.5, 0.6) is 0 Å². The molecule has 0 amide bonds. The Bertz CT molecular complexity index is 2030. The molecule has 0 heterocycles. The summed E-state index contributed by atoms with van der Waals surface area (Å²) in [6, 6.07) is 0. The van der Waals surface area contributed by atoms with E-state index in [0.717, 1.165) is 108 Å². The van der Waals surface area contributed by atoms with Gasteiger partial charge >= 0.3 is 39.5 Å². The molecular weight excluding hydrogens is 1380 g/mol. The quantitative estimate of drug-likeness (QED) is 0.0222. The van der Waals surface area contributed by atoms with E-state index in [4.69, 9.17) is 37.0 Å². The molecule has 0 saturated heterocycles. The van der Waals surface area contributed by atoms with Gasteiger partial charge in [-0.05, 0) is 37.5 Å². The SMILES string of the molecule is CCCCCCCCCCCCCCCCCCCCCCCCC(=O)O[C@H](COC(=O)CCCCCCCCCCCCCCCCCC(C)C)COP(=O)(O)OC[C@@H](O)COP(=O)(O)OC[C@@H](COC(=O)CCCCCCCCCC)OC(=O)CCCCCCCCCCCCCCCCC(C)CC. The monoisotopic (exact) mass is 1550 g/mol. The van der Waals surface area contributed by atoms with Crippen molar-refractivity contribution in [2.75, 3.05) is 39.6 Å². The molecule has 3 unspecified atom stereocenters. The fourth-order valence-corrected chi connectivity index (χ4v) is 15.1. The Morgan fingerprint density at radius 2 is 0.481 bits per heavy atom. The summed E-state index contributed by atoms with van der Waals surface area (Å²) < 4.78 is 68.8. The summed E-state index contributed by atoms with van der Waals surface area (Å²) in [5.41, 5.74) is 0. The van der Waals surface area contributed by atoms with Gasteiger partial charge in [0.15, 0.2) is 12.2 Å². The zero-order chi connectivity index (χ0) is 77.8. The maximum Gasteiger partial charge on any atom is 0.472 e. The van der Waals surface area contributed by atoms with Crippen LogP contribution in [0, 0.1) is 11.8 Å². The van der Waals surface area contributed by atoms with Gasteiger partial charge in [0, 0.05) is 25.7 Å². The second-order valence-electron chi connectivity index (χ2n) is 32.0. The van der Waals surface area contributed by atoms with Crippen LogP contribution in [0.2, 0.25) is 0 Å². The molecule has 0 fully saturated rings. The average Bonchev–Trinajstić information content (AvgIpc) is 0.904. The van der Waals surface area contributed by atoms with Crippen LogP contribution in [0.15, 0.2) is 0 Å². The predicted octanol–water partition coefficient (Wildman–Crippen LogP) is 26.6. The Labute approximate surface area is 651 Å². The number of rotatable bonds is 86. The minimum Gasteiger partial charge on any atom is -0.462 e. The van der Waals surface area contributed by atoms with Crippen LogP contribution in [0.4, 0.5) is 0 Å². The van der Waals surface area contributed by atoms with E-state index in [1.165, 1.54) is 276 Å². The lowest BCUT2D eigenvalue weighted by molar-refractivity contribution is -0.161. The van der Waals surface area contributed by atoms with Gasteiger partial charge in [0.1, 0.15) is 19.3 Å². The number of ether oxygens (including phenoxy) is 4. The number of hydrogen-bond donors (Lipinski definition) is 3.